The Kier molecular flexibility index (Phi) is 10.6. The molecule has 0 atom stereocenters. The third kappa shape index (κ3) is 7.52. The third-order valence-corrected chi connectivity index (χ3v) is 13.7. The lowest BCUT2D eigenvalue weighted by atomic mass is 10.0. The molecule has 9 aromatic carbocycles. The summed E-state index contributed by atoms with van der Waals surface area (Å²) < 4.78 is 4.50. The molecule has 0 N–H and O–H groups in total. The zero-order valence-electron chi connectivity index (χ0n) is 39.8. The summed E-state index contributed by atoms with van der Waals surface area (Å²) in [5.41, 5.74) is 15.6. The number of nitriles is 5. The van der Waals surface area contributed by atoms with Gasteiger partial charge in [0.05, 0.1) is 91.6 Å². The molecule has 3 aromatic heterocycles. The van der Waals surface area contributed by atoms with E-state index >= 15 is 0 Å². The fraction of sp³-hybridized carbons (Fsp3) is 0.0312. The normalized spacial score (nSPS) is 11.0. The van der Waals surface area contributed by atoms with Crippen molar-refractivity contribution in [3.8, 4) is 97.6 Å². The molecule has 0 spiro atoms. The van der Waals surface area contributed by atoms with Gasteiger partial charge >= 0.3 is 0 Å². The Morgan fingerprint density at radius 3 is 0.878 bits per heavy atom. The average molecular weight is 945 g/mol. The summed E-state index contributed by atoms with van der Waals surface area (Å²) in [4.78, 5) is 14.2. The number of rotatable bonds is 7. The van der Waals surface area contributed by atoms with E-state index in [-0.39, 0.29) is 0 Å². The van der Waals surface area contributed by atoms with Gasteiger partial charge in [0.1, 0.15) is 11.6 Å². The monoisotopic (exact) mass is 944 g/mol. The minimum atomic E-state index is 0.354. The van der Waals surface area contributed by atoms with Gasteiger partial charge in [-0.15, -0.1) is 0 Å². The number of nitrogens with zero attached hydrogens (tertiary/aromatic N) is 10. The molecule has 0 saturated heterocycles. The van der Waals surface area contributed by atoms with E-state index in [1.54, 1.807) is 0 Å². The Morgan fingerprint density at radius 1 is 0.311 bits per heavy atom. The maximum atomic E-state index is 11.3. The number of aromatic nitrogens is 5. The molecule has 12 rings (SSSR count). The van der Waals surface area contributed by atoms with Crippen LogP contribution in [0.15, 0.2) is 182 Å². The summed E-state index contributed by atoms with van der Waals surface area (Å²) in [6, 6.07) is 71.3. The summed E-state index contributed by atoms with van der Waals surface area (Å²) in [6.07, 6.45) is 0. The van der Waals surface area contributed by atoms with E-state index in [2.05, 4.69) is 117 Å². The summed E-state index contributed by atoms with van der Waals surface area (Å²) in [5, 5.41) is 53.9. The second-order valence-corrected chi connectivity index (χ2v) is 18.1. The summed E-state index contributed by atoms with van der Waals surface area (Å²) in [5.74, 6) is 1.40. The highest BCUT2D eigenvalue weighted by Gasteiger charge is 2.25. The fourth-order valence-corrected chi connectivity index (χ4v) is 10.2. The average Bonchev–Trinajstić information content (AvgIpc) is 3.95. The van der Waals surface area contributed by atoms with Crippen molar-refractivity contribution in [3.63, 3.8) is 0 Å². The molecule has 0 aliphatic rings. The van der Waals surface area contributed by atoms with Crippen molar-refractivity contribution >= 4 is 43.6 Å². The SMILES string of the molecule is Cc1nc(C)nc(-c2cc(-n3c4cc(-c5ccc(C#N)cc5)ccc4c4ccc(-c5ccc(C#N)cc5)cc43)c(-n3c4cc(-c5ccc(C#N)cc5)ccc4c4ccc(-c5ccc(C#N)cc5)cc43)cc2C#N)n1. The molecule has 0 saturated carbocycles. The van der Waals surface area contributed by atoms with Gasteiger partial charge in [-0.2, -0.15) is 26.3 Å². The van der Waals surface area contributed by atoms with Crippen LogP contribution in [0.25, 0.3) is 111 Å². The Bertz CT molecular complexity index is 4280. The Hall–Kier alpha value is -11.0. The van der Waals surface area contributed by atoms with E-state index in [4.69, 9.17) is 9.97 Å². The van der Waals surface area contributed by atoms with Crippen molar-refractivity contribution in [2.24, 2.45) is 0 Å². The van der Waals surface area contributed by atoms with Crippen LogP contribution in [0.3, 0.4) is 0 Å². The molecule has 12 aromatic rings. The first kappa shape index (κ1) is 44.3. The lowest BCUT2D eigenvalue weighted by Gasteiger charge is -2.20. The standard InChI is InChI=1S/C64H36N10/c1-38-70-39(2)72-64(71-38)57-32-63(74-60-29-50(46-15-7-42(35-67)8-16-46)21-25-55(60)56-26-22-51(30-61(56)74)47-17-9-43(36-68)10-18-47)62(31-52(57)37-69)73-58-27-48(44-11-3-40(33-65)4-12-44)19-23-53(58)54-24-20-49(28-59(54)73)45-13-5-41(34-66)6-14-45/h3-32H,1-2H3. The highest BCUT2D eigenvalue weighted by Crippen LogP contribution is 2.44. The Labute approximate surface area is 425 Å². The topological polar surface area (TPSA) is 167 Å². The maximum absolute atomic E-state index is 11.3. The molecule has 0 bridgehead atoms. The number of aryl methyl sites for hydroxylation is 2. The molecule has 3 heterocycles. The van der Waals surface area contributed by atoms with Gasteiger partial charge in [0.2, 0.25) is 0 Å². The van der Waals surface area contributed by atoms with Gasteiger partial charge < -0.3 is 9.13 Å². The van der Waals surface area contributed by atoms with Crippen LogP contribution in [-0.4, -0.2) is 24.1 Å². The molecule has 0 radical (unpaired) electrons. The molecule has 10 heteroatoms. The lowest BCUT2D eigenvalue weighted by Crippen LogP contribution is -2.07. The molecular weight excluding hydrogens is 909 g/mol. The lowest BCUT2D eigenvalue weighted by molar-refractivity contribution is 0.927. The van der Waals surface area contributed by atoms with Crippen molar-refractivity contribution in [1.82, 2.24) is 24.1 Å². The van der Waals surface area contributed by atoms with Gasteiger partial charge in [-0.1, -0.05) is 97.1 Å². The summed E-state index contributed by atoms with van der Waals surface area (Å²) >= 11 is 0. The van der Waals surface area contributed by atoms with Crippen molar-refractivity contribution in [1.29, 1.82) is 26.3 Å². The molecule has 0 unspecified atom stereocenters. The van der Waals surface area contributed by atoms with Crippen molar-refractivity contribution < 1.29 is 0 Å². The van der Waals surface area contributed by atoms with E-state index in [0.717, 1.165) is 93.8 Å². The van der Waals surface area contributed by atoms with E-state index in [9.17, 15) is 26.3 Å². The minimum Gasteiger partial charge on any atom is -0.307 e. The maximum Gasteiger partial charge on any atom is 0.164 e. The van der Waals surface area contributed by atoms with E-state index < -0.39 is 0 Å². The van der Waals surface area contributed by atoms with Gasteiger partial charge in [-0.05, 0) is 143 Å². The Balaban J connectivity index is 1.24. The largest absolute Gasteiger partial charge is 0.307 e. The number of hydrogen-bond acceptors (Lipinski definition) is 8. The van der Waals surface area contributed by atoms with Crippen LogP contribution >= 0.6 is 0 Å². The first-order chi connectivity index (χ1) is 36.2. The molecule has 74 heavy (non-hydrogen) atoms. The first-order valence-electron chi connectivity index (χ1n) is 23.7. The van der Waals surface area contributed by atoms with E-state index in [1.807, 2.05) is 123 Å². The molecular formula is C64H36N10. The molecule has 0 aliphatic heterocycles. The molecule has 0 fully saturated rings. The first-order valence-corrected chi connectivity index (χ1v) is 23.7. The fourth-order valence-electron chi connectivity index (χ4n) is 10.2. The number of benzene rings is 9. The minimum absolute atomic E-state index is 0.354. The van der Waals surface area contributed by atoms with Crippen LogP contribution in [0, 0.1) is 70.5 Å². The predicted molar refractivity (Wildman–Crippen MR) is 289 cm³/mol. The van der Waals surface area contributed by atoms with Crippen LogP contribution in [-0.2, 0) is 0 Å². The van der Waals surface area contributed by atoms with E-state index in [0.29, 0.717) is 56.5 Å². The zero-order chi connectivity index (χ0) is 50.6. The highest BCUT2D eigenvalue weighted by atomic mass is 15.1. The summed E-state index contributed by atoms with van der Waals surface area (Å²) in [6.45, 7) is 3.63. The summed E-state index contributed by atoms with van der Waals surface area (Å²) in [7, 11) is 0. The predicted octanol–water partition coefficient (Wildman–Crippen LogP) is 14.4. The zero-order valence-corrected chi connectivity index (χ0v) is 39.8. The van der Waals surface area contributed by atoms with Crippen LogP contribution in [0.1, 0.15) is 39.5 Å². The third-order valence-electron chi connectivity index (χ3n) is 13.7. The smallest absolute Gasteiger partial charge is 0.164 e. The highest BCUT2D eigenvalue weighted by molar-refractivity contribution is 6.14. The second-order valence-electron chi connectivity index (χ2n) is 18.1. The molecule has 0 aliphatic carbocycles. The van der Waals surface area contributed by atoms with Crippen molar-refractivity contribution in [3.05, 3.63) is 221 Å². The quantitative estimate of drug-likeness (QED) is 0.152. The number of fused-ring (bicyclic) bond motifs is 6. The number of hydrogen-bond donors (Lipinski definition) is 0. The molecule has 0 amide bonds. The van der Waals surface area contributed by atoms with Gasteiger partial charge in [0.25, 0.3) is 0 Å². The van der Waals surface area contributed by atoms with Gasteiger partial charge in [0.15, 0.2) is 5.82 Å². The van der Waals surface area contributed by atoms with Crippen molar-refractivity contribution in [2.75, 3.05) is 0 Å². The van der Waals surface area contributed by atoms with E-state index in [1.165, 1.54) is 0 Å². The molecule has 10 nitrogen and oxygen atoms in total. The Morgan fingerprint density at radius 2 is 0.595 bits per heavy atom. The van der Waals surface area contributed by atoms with Gasteiger partial charge in [0, 0.05) is 27.1 Å². The second kappa shape index (κ2) is 17.8. The molecule has 342 valence electrons. The van der Waals surface area contributed by atoms with Crippen molar-refractivity contribution in [2.45, 2.75) is 13.8 Å². The van der Waals surface area contributed by atoms with Crippen LogP contribution in [0.5, 0.6) is 0 Å². The van der Waals surface area contributed by atoms with Gasteiger partial charge in [-0.3, -0.25) is 0 Å². The van der Waals surface area contributed by atoms with Crippen LogP contribution in [0.4, 0.5) is 0 Å². The van der Waals surface area contributed by atoms with Crippen LogP contribution < -0.4 is 0 Å². The van der Waals surface area contributed by atoms with Crippen LogP contribution in [0.2, 0.25) is 0 Å². The van der Waals surface area contributed by atoms with Gasteiger partial charge in [-0.25, -0.2) is 15.0 Å².